The Morgan fingerprint density at radius 1 is 1.18 bits per heavy atom. The molecule has 0 spiro atoms. The van der Waals surface area contributed by atoms with Crippen LogP contribution in [0.15, 0.2) is 35.7 Å². The van der Waals surface area contributed by atoms with Crippen LogP contribution in [0.3, 0.4) is 0 Å². The molecule has 1 unspecified atom stereocenters. The molecule has 2 N–H and O–H groups in total. The molecule has 1 saturated carbocycles. The zero-order valence-electron chi connectivity index (χ0n) is 17.2. The SMILES string of the molecule is CC(OC(=O)Nc1csnc1C#Cc1nc2nc(C3(C(=O)O)CC3)sc2s1)c1ccccc1. The molecule has 4 aromatic rings. The number of anilines is 1. The van der Waals surface area contributed by atoms with Crippen molar-refractivity contribution in [3.05, 3.63) is 57.0 Å². The van der Waals surface area contributed by atoms with Crippen LogP contribution >= 0.6 is 34.2 Å². The van der Waals surface area contributed by atoms with Crippen molar-refractivity contribution in [1.82, 2.24) is 14.3 Å². The molecule has 3 aromatic heterocycles. The summed E-state index contributed by atoms with van der Waals surface area (Å²) < 4.78 is 10.5. The number of hydrogen-bond donors (Lipinski definition) is 2. The number of fused-ring (bicyclic) bond motifs is 1. The Labute approximate surface area is 200 Å². The Kier molecular flexibility index (Phi) is 5.57. The van der Waals surface area contributed by atoms with Crippen LogP contribution in [0.5, 0.6) is 0 Å². The van der Waals surface area contributed by atoms with E-state index in [1.165, 1.54) is 34.2 Å². The summed E-state index contributed by atoms with van der Waals surface area (Å²) in [5.74, 6) is 5.07. The Morgan fingerprint density at radius 2 is 1.97 bits per heavy atom. The van der Waals surface area contributed by atoms with Crippen LogP contribution in [0.25, 0.3) is 9.66 Å². The molecule has 1 aliphatic carbocycles. The number of rotatable bonds is 5. The van der Waals surface area contributed by atoms with E-state index < -0.39 is 23.6 Å². The number of thiazole rings is 2. The average molecular weight is 497 g/mol. The number of nitrogens with zero attached hydrogens (tertiary/aromatic N) is 3. The van der Waals surface area contributed by atoms with Crippen molar-refractivity contribution in [2.75, 3.05) is 5.32 Å². The molecular weight excluding hydrogens is 480 g/mol. The average Bonchev–Trinajstić information content (AvgIpc) is 3.12. The molecular formula is C22H16N4O4S3. The molecule has 0 radical (unpaired) electrons. The van der Waals surface area contributed by atoms with E-state index in [2.05, 4.69) is 31.5 Å². The van der Waals surface area contributed by atoms with Crippen LogP contribution < -0.4 is 5.32 Å². The predicted octanol–water partition coefficient (Wildman–Crippen LogP) is 5.04. The van der Waals surface area contributed by atoms with Crippen molar-refractivity contribution in [3.63, 3.8) is 0 Å². The fourth-order valence-electron chi connectivity index (χ4n) is 3.16. The second-order valence-electron chi connectivity index (χ2n) is 7.45. The van der Waals surface area contributed by atoms with E-state index in [1.54, 1.807) is 12.3 Å². The normalized spacial score (nSPS) is 14.8. The highest BCUT2D eigenvalue weighted by molar-refractivity contribution is 7.38. The summed E-state index contributed by atoms with van der Waals surface area (Å²) in [5, 5.41) is 15.0. The van der Waals surface area contributed by atoms with Gasteiger partial charge in [0.25, 0.3) is 0 Å². The second kappa shape index (κ2) is 8.55. The summed E-state index contributed by atoms with van der Waals surface area (Å²) in [6.45, 7) is 1.80. The third kappa shape index (κ3) is 4.32. The highest BCUT2D eigenvalue weighted by atomic mass is 32.2. The third-order valence-electron chi connectivity index (χ3n) is 5.19. The summed E-state index contributed by atoms with van der Waals surface area (Å²) in [4.78, 5) is 32.6. The maximum atomic E-state index is 12.3. The van der Waals surface area contributed by atoms with E-state index in [0.29, 0.717) is 39.9 Å². The van der Waals surface area contributed by atoms with Gasteiger partial charge < -0.3 is 9.84 Å². The lowest BCUT2D eigenvalue weighted by Gasteiger charge is -2.13. The first-order valence-electron chi connectivity index (χ1n) is 9.95. The molecule has 1 aliphatic rings. The molecule has 1 aromatic carbocycles. The number of carboxylic acid groups (broad SMARTS) is 1. The van der Waals surface area contributed by atoms with Crippen LogP contribution in [0.1, 0.15) is 47.1 Å². The minimum absolute atomic E-state index is 0.399. The van der Waals surface area contributed by atoms with E-state index in [0.717, 1.165) is 9.58 Å². The van der Waals surface area contributed by atoms with Crippen molar-refractivity contribution in [1.29, 1.82) is 0 Å². The maximum Gasteiger partial charge on any atom is 0.412 e. The van der Waals surface area contributed by atoms with E-state index in [9.17, 15) is 14.7 Å². The van der Waals surface area contributed by atoms with Crippen molar-refractivity contribution >= 4 is 61.6 Å². The monoisotopic (exact) mass is 496 g/mol. The number of carboxylic acids is 1. The van der Waals surface area contributed by atoms with Gasteiger partial charge in [0.1, 0.15) is 20.5 Å². The van der Waals surface area contributed by atoms with Crippen LogP contribution in [0.4, 0.5) is 10.5 Å². The van der Waals surface area contributed by atoms with Gasteiger partial charge in [0, 0.05) is 5.38 Å². The number of benzene rings is 1. The highest BCUT2D eigenvalue weighted by Gasteiger charge is 2.54. The lowest BCUT2D eigenvalue weighted by Crippen LogP contribution is -2.18. The summed E-state index contributed by atoms with van der Waals surface area (Å²) >= 11 is 3.90. The zero-order valence-corrected chi connectivity index (χ0v) is 19.6. The van der Waals surface area contributed by atoms with Gasteiger partial charge in [-0.25, -0.2) is 14.8 Å². The van der Waals surface area contributed by atoms with Gasteiger partial charge in [-0.05, 0) is 48.7 Å². The van der Waals surface area contributed by atoms with Crippen LogP contribution in [0.2, 0.25) is 0 Å². The smallest absolute Gasteiger partial charge is 0.412 e. The van der Waals surface area contributed by atoms with Crippen molar-refractivity contribution in [2.45, 2.75) is 31.3 Å². The van der Waals surface area contributed by atoms with E-state index >= 15 is 0 Å². The minimum Gasteiger partial charge on any atom is -0.481 e. The van der Waals surface area contributed by atoms with E-state index in [1.807, 2.05) is 30.3 Å². The topological polar surface area (TPSA) is 114 Å². The number of ether oxygens (including phenoxy) is 1. The number of carbonyl (C=O) groups excluding carboxylic acids is 1. The van der Waals surface area contributed by atoms with Gasteiger partial charge in [-0.2, -0.15) is 4.37 Å². The molecule has 0 bridgehead atoms. The minimum atomic E-state index is -0.829. The molecule has 33 heavy (non-hydrogen) atoms. The maximum absolute atomic E-state index is 12.3. The Bertz CT molecular complexity index is 1380. The van der Waals surface area contributed by atoms with Gasteiger partial charge in [0.15, 0.2) is 16.3 Å². The van der Waals surface area contributed by atoms with Crippen LogP contribution in [-0.2, 0) is 14.9 Å². The van der Waals surface area contributed by atoms with E-state index in [4.69, 9.17) is 4.74 Å². The molecule has 1 fully saturated rings. The van der Waals surface area contributed by atoms with Crippen molar-refractivity contribution in [3.8, 4) is 11.8 Å². The number of hydrogen-bond acceptors (Lipinski definition) is 9. The number of nitrogens with one attached hydrogen (secondary N) is 1. The summed E-state index contributed by atoms with van der Waals surface area (Å²) in [5.41, 5.74) is 1.47. The first kappa shape index (κ1) is 21.5. The van der Waals surface area contributed by atoms with Crippen LogP contribution in [-0.4, -0.2) is 31.5 Å². The molecule has 11 heteroatoms. The quantitative estimate of drug-likeness (QED) is 0.372. The summed E-state index contributed by atoms with van der Waals surface area (Å²) in [7, 11) is 0. The first-order chi connectivity index (χ1) is 15.9. The number of carbonyl (C=O) groups is 2. The van der Waals surface area contributed by atoms with Gasteiger partial charge in [-0.3, -0.25) is 10.1 Å². The number of amides is 1. The van der Waals surface area contributed by atoms with Crippen molar-refractivity contribution < 1.29 is 19.4 Å². The van der Waals surface area contributed by atoms with Gasteiger partial charge >= 0.3 is 12.1 Å². The Morgan fingerprint density at radius 3 is 2.67 bits per heavy atom. The van der Waals surface area contributed by atoms with Gasteiger partial charge in [-0.1, -0.05) is 41.7 Å². The molecule has 5 rings (SSSR count). The van der Waals surface area contributed by atoms with Gasteiger partial charge in [0.05, 0.1) is 5.69 Å². The lowest BCUT2D eigenvalue weighted by atomic mass is 10.1. The number of aromatic nitrogens is 3. The highest BCUT2D eigenvalue weighted by Crippen LogP contribution is 2.51. The fourth-order valence-corrected chi connectivity index (χ4v) is 5.95. The van der Waals surface area contributed by atoms with Gasteiger partial charge in [0.2, 0.25) is 0 Å². The second-order valence-corrected chi connectivity index (χ2v) is 10.3. The van der Waals surface area contributed by atoms with Crippen molar-refractivity contribution in [2.24, 2.45) is 0 Å². The third-order valence-corrected chi connectivity index (χ3v) is 8.12. The summed E-state index contributed by atoms with van der Waals surface area (Å²) in [6, 6.07) is 9.46. The molecule has 8 nitrogen and oxygen atoms in total. The Balaban J connectivity index is 1.27. The summed E-state index contributed by atoms with van der Waals surface area (Å²) in [6.07, 6.45) is 0.238. The van der Waals surface area contributed by atoms with Crippen LogP contribution in [0, 0.1) is 11.8 Å². The van der Waals surface area contributed by atoms with E-state index in [-0.39, 0.29) is 0 Å². The molecule has 1 amide bonds. The predicted molar refractivity (Wildman–Crippen MR) is 127 cm³/mol. The lowest BCUT2D eigenvalue weighted by molar-refractivity contribution is -0.140. The number of aliphatic carboxylic acids is 1. The molecule has 166 valence electrons. The first-order valence-corrected chi connectivity index (χ1v) is 12.4. The van der Waals surface area contributed by atoms with Gasteiger partial charge in [-0.15, -0.1) is 11.3 Å². The molecule has 1 atom stereocenters. The molecule has 0 saturated heterocycles. The largest absolute Gasteiger partial charge is 0.481 e. The molecule has 3 heterocycles. The molecule has 0 aliphatic heterocycles. The zero-order chi connectivity index (χ0) is 23.0. The Hall–Kier alpha value is -3.33. The standard InChI is InChI=1S/C22H16N4O4S3/c1-12(13-5-3-2-4-6-13)30-21(29)23-15-11-31-26-14(15)7-8-16-24-17-18(32-16)33-19(25-17)22(9-10-22)20(27)28/h2-6,11-12H,9-10H2,1H3,(H,23,29)(H,27,28). The fraction of sp³-hybridized carbons (Fsp3) is 0.227.